The fourth-order valence-corrected chi connectivity index (χ4v) is 2.29. The van der Waals surface area contributed by atoms with E-state index in [1.54, 1.807) is 0 Å². The molecular formula is C16H24O2. The Balaban J connectivity index is 2.95. The van der Waals surface area contributed by atoms with Crippen LogP contribution in [0.1, 0.15) is 56.2 Å². The number of hydrogen-bond acceptors (Lipinski definition) is 1. The van der Waals surface area contributed by atoms with Gasteiger partial charge in [-0.2, -0.15) is 0 Å². The molecule has 1 N–H and O–H groups in total. The monoisotopic (exact) mass is 248 g/mol. The van der Waals surface area contributed by atoms with Gasteiger partial charge in [0.05, 0.1) is 6.42 Å². The molecule has 0 aliphatic carbocycles. The van der Waals surface area contributed by atoms with Crippen LogP contribution >= 0.6 is 0 Å². The first-order valence-corrected chi connectivity index (χ1v) is 7.00. The third-order valence-corrected chi connectivity index (χ3v) is 3.29. The van der Waals surface area contributed by atoms with Gasteiger partial charge in [-0.1, -0.05) is 44.9 Å². The Bertz CT molecular complexity index is 383. The highest BCUT2D eigenvalue weighted by Gasteiger charge is 2.10. The van der Waals surface area contributed by atoms with E-state index < -0.39 is 5.97 Å². The zero-order valence-electron chi connectivity index (χ0n) is 11.5. The Kier molecular flexibility index (Phi) is 6.48. The number of carboxylic acids is 1. The second kappa shape index (κ2) is 7.91. The van der Waals surface area contributed by atoms with Crippen molar-refractivity contribution in [3.63, 3.8) is 0 Å². The highest BCUT2D eigenvalue weighted by molar-refractivity contribution is 5.71. The number of carbonyl (C=O) groups is 1. The van der Waals surface area contributed by atoms with E-state index in [0.717, 1.165) is 31.2 Å². The van der Waals surface area contributed by atoms with Gasteiger partial charge < -0.3 is 5.11 Å². The molecule has 0 heterocycles. The Labute approximate surface area is 110 Å². The molecule has 0 unspecified atom stereocenters. The highest BCUT2D eigenvalue weighted by Crippen LogP contribution is 2.20. The van der Waals surface area contributed by atoms with Crippen molar-refractivity contribution < 1.29 is 9.90 Å². The van der Waals surface area contributed by atoms with Gasteiger partial charge in [-0.25, -0.2) is 0 Å². The number of hydrogen-bond donors (Lipinski definition) is 1. The first kappa shape index (κ1) is 14.7. The van der Waals surface area contributed by atoms with E-state index in [-0.39, 0.29) is 6.42 Å². The number of carboxylic acid groups (broad SMARTS) is 1. The van der Waals surface area contributed by atoms with Crippen LogP contribution < -0.4 is 0 Å². The molecule has 0 fully saturated rings. The van der Waals surface area contributed by atoms with Gasteiger partial charge in [0.1, 0.15) is 0 Å². The fraction of sp³-hybridized carbons (Fsp3) is 0.562. The Morgan fingerprint density at radius 2 is 1.67 bits per heavy atom. The number of unbranched alkanes of at least 4 members (excludes halogenated alkanes) is 2. The van der Waals surface area contributed by atoms with E-state index in [4.69, 9.17) is 5.11 Å². The van der Waals surface area contributed by atoms with Gasteiger partial charge in [-0.15, -0.1) is 0 Å². The maximum Gasteiger partial charge on any atom is 0.307 e. The van der Waals surface area contributed by atoms with Gasteiger partial charge in [0.15, 0.2) is 0 Å². The van der Waals surface area contributed by atoms with Gasteiger partial charge >= 0.3 is 5.97 Å². The standard InChI is InChI=1S/C16H24O2/c1-3-5-8-13-9-7-10-14(12-16(17)18)15(13)11-6-4-2/h7,9-10H,3-6,8,11-12H2,1-2H3,(H,17,18). The minimum absolute atomic E-state index is 0.152. The summed E-state index contributed by atoms with van der Waals surface area (Å²) in [6.45, 7) is 4.36. The molecule has 0 saturated heterocycles. The molecule has 0 bridgehead atoms. The van der Waals surface area contributed by atoms with Crippen LogP contribution in [0.4, 0.5) is 0 Å². The SMILES string of the molecule is CCCCc1cccc(CC(=O)O)c1CCCC. The van der Waals surface area contributed by atoms with Gasteiger partial charge in [-0.05, 0) is 42.4 Å². The van der Waals surface area contributed by atoms with Crippen LogP contribution in [-0.4, -0.2) is 11.1 Å². The van der Waals surface area contributed by atoms with Crippen LogP contribution in [0.5, 0.6) is 0 Å². The summed E-state index contributed by atoms with van der Waals surface area (Å²) in [7, 11) is 0. The smallest absolute Gasteiger partial charge is 0.307 e. The highest BCUT2D eigenvalue weighted by atomic mass is 16.4. The molecule has 18 heavy (non-hydrogen) atoms. The summed E-state index contributed by atoms with van der Waals surface area (Å²) in [4.78, 5) is 10.9. The molecule has 0 aromatic heterocycles. The average molecular weight is 248 g/mol. The lowest BCUT2D eigenvalue weighted by Crippen LogP contribution is -2.06. The molecule has 2 nitrogen and oxygen atoms in total. The van der Waals surface area contributed by atoms with Crippen LogP contribution in [0.2, 0.25) is 0 Å². The quantitative estimate of drug-likeness (QED) is 0.755. The largest absolute Gasteiger partial charge is 0.481 e. The maximum atomic E-state index is 10.9. The summed E-state index contributed by atoms with van der Waals surface area (Å²) in [5.74, 6) is -0.736. The topological polar surface area (TPSA) is 37.3 Å². The molecular weight excluding hydrogens is 224 g/mol. The molecule has 0 atom stereocenters. The molecule has 0 radical (unpaired) electrons. The van der Waals surface area contributed by atoms with Crippen LogP contribution in [0.15, 0.2) is 18.2 Å². The lowest BCUT2D eigenvalue weighted by molar-refractivity contribution is -0.136. The number of aryl methyl sites for hydroxylation is 1. The van der Waals surface area contributed by atoms with Crippen molar-refractivity contribution >= 4 is 5.97 Å². The summed E-state index contributed by atoms with van der Waals surface area (Å²) in [6, 6.07) is 6.12. The molecule has 2 heteroatoms. The van der Waals surface area contributed by atoms with Crippen LogP contribution in [0.3, 0.4) is 0 Å². The van der Waals surface area contributed by atoms with Crippen molar-refractivity contribution in [2.45, 2.75) is 58.8 Å². The van der Waals surface area contributed by atoms with E-state index in [1.165, 1.54) is 24.0 Å². The molecule has 0 spiro atoms. The number of rotatable bonds is 8. The average Bonchev–Trinajstić information content (AvgIpc) is 2.34. The van der Waals surface area contributed by atoms with Crippen molar-refractivity contribution in [1.29, 1.82) is 0 Å². The van der Waals surface area contributed by atoms with Gasteiger partial charge in [0.2, 0.25) is 0 Å². The first-order valence-electron chi connectivity index (χ1n) is 7.00. The van der Waals surface area contributed by atoms with Crippen molar-refractivity contribution in [2.75, 3.05) is 0 Å². The third kappa shape index (κ3) is 4.52. The van der Waals surface area contributed by atoms with E-state index in [9.17, 15) is 4.79 Å². The Morgan fingerprint density at radius 1 is 1.06 bits per heavy atom. The summed E-state index contributed by atoms with van der Waals surface area (Å²) >= 11 is 0. The molecule has 100 valence electrons. The lowest BCUT2D eigenvalue weighted by atomic mass is 9.92. The van der Waals surface area contributed by atoms with Crippen molar-refractivity contribution in [1.82, 2.24) is 0 Å². The summed E-state index contributed by atoms with van der Waals surface area (Å²) in [5.41, 5.74) is 3.64. The summed E-state index contributed by atoms with van der Waals surface area (Å²) in [5, 5.41) is 8.98. The van der Waals surface area contributed by atoms with Crippen molar-refractivity contribution in [3.05, 3.63) is 34.9 Å². The number of aliphatic carboxylic acids is 1. The van der Waals surface area contributed by atoms with Crippen LogP contribution in [0, 0.1) is 0 Å². The van der Waals surface area contributed by atoms with Crippen LogP contribution in [0.25, 0.3) is 0 Å². The molecule has 0 amide bonds. The van der Waals surface area contributed by atoms with Crippen LogP contribution in [-0.2, 0) is 24.1 Å². The first-order chi connectivity index (χ1) is 8.69. The second-order valence-electron chi connectivity index (χ2n) is 4.83. The van der Waals surface area contributed by atoms with Crippen molar-refractivity contribution in [3.8, 4) is 0 Å². The molecule has 0 aliphatic heterocycles. The maximum absolute atomic E-state index is 10.9. The fourth-order valence-electron chi connectivity index (χ4n) is 2.29. The van der Waals surface area contributed by atoms with Crippen molar-refractivity contribution in [2.24, 2.45) is 0 Å². The van der Waals surface area contributed by atoms with E-state index in [1.807, 2.05) is 12.1 Å². The van der Waals surface area contributed by atoms with E-state index >= 15 is 0 Å². The van der Waals surface area contributed by atoms with Gasteiger partial charge in [-0.3, -0.25) is 4.79 Å². The molecule has 1 rings (SSSR count). The predicted octanol–water partition coefficient (Wildman–Crippen LogP) is 4.00. The molecule has 0 aliphatic rings. The Hall–Kier alpha value is -1.31. The van der Waals surface area contributed by atoms with E-state index in [0.29, 0.717) is 0 Å². The predicted molar refractivity (Wildman–Crippen MR) is 75.0 cm³/mol. The minimum Gasteiger partial charge on any atom is -0.481 e. The van der Waals surface area contributed by atoms with Gasteiger partial charge in [0, 0.05) is 0 Å². The normalized spacial score (nSPS) is 10.6. The zero-order chi connectivity index (χ0) is 13.4. The number of benzene rings is 1. The third-order valence-electron chi connectivity index (χ3n) is 3.29. The zero-order valence-corrected chi connectivity index (χ0v) is 11.5. The summed E-state index contributed by atoms with van der Waals surface area (Å²) in [6.07, 6.45) is 6.87. The minimum atomic E-state index is -0.736. The lowest BCUT2D eigenvalue weighted by Gasteiger charge is -2.13. The van der Waals surface area contributed by atoms with Gasteiger partial charge in [0.25, 0.3) is 0 Å². The second-order valence-corrected chi connectivity index (χ2v) is 4.83. The Morgan fingerprint density at radius 3 is 2.28 bits per heavy atom. The molecule has 1 aromatic rings. The molecule has 1 aromatic carbocycles. The van der Waals surface area contributed by atoms with E-state index in [2.05, 4.69) is 19.9 Å². The summed E-state index contributed by atoms with van der Waals surface area (Å²) < 4.78 is 0. The molecule has 0 saturated carbocycles.